The van der Waals surface area contributed by atoms with Crippen LogP contribution in [0, 0.1) is 0 Å². The largest absolute Gasteiger partial charge is 0.484 e. The van der Waals surface area contributed by atoms with Gasteiger partial charge in [0.1, 0.15) is 5.75 Å². The van der Waals surface area contributed by atoms with Crippen LogP contribution in [-0.4, -0.2) is 22.6 Å². The maximum atomic E-state index is 11.0. The molecule has 1 amide bonds. The number of ether oxygens (including phenoxy) is 1. The zero-order chi connectivity index (χ0) is 15.1. The molecule has 0 fully saturated rings. The third-order valence-corrected chi connectivity index (χ3v) is 2.77. The molecule has 21 heavy (non-hydrogen) atoms. The van der Waals surface area contributed by atoms with Crippen molar-refractivity contribution in [3.63, 3.8) is 0 Å². The van der Waals surface area contributed by atoms with E-state index in [-0.39, 0.29) is 12.5 Å². The van der Waals surface area contributed by atoms with Gasteiger partial charge in [0.15, 0.2) is 12.4 Å². The van der Waals surface area contributed by atoms with Gasteiger partial charge in [0, 0.05) is 18.0 Å². The molecule has 0 spiro atoms. The Morgan fingerprint density at radius 2 is 2.19 bits per heavy atom. The van der Waals surface area contributed by atoms with E-state index in [1.165, 1.54) is 6.08 Å². The number of amides is 1. The molecule has 0 saturated carbocycles. The summed E-state index contributed by atoms with van der Waals surface area (Å²) in [6, 6.07) is 6.98. The highest BCUT2D eigenvalue weighted by Crippen LogP contribution is 2.16. The molecular weight excluding hydrogens is 294 g/mol. The van der Waals surface area contributed by atoms with Crippen LogP contribution in [0.3, 0.4) is 0 Å². The lowest BCUT2D eigenvalue weighted by Crippen LogP contribution is -2.23. The van der Waals surface area contributed by atoms with Gasteiger partial charge in [-0.1, -0.05) is 23.3 Å². The summed E-state index contributed by atoms with van der Waals surface area (Å²) in [5.41, 5.74) is 0. The molecule has 0 radical (unpaired) electrons. The van der Waals surface area contributed by atoms with Crippen molar-refractivity contribution in [1.29, 1.82) is 0 Å². The summed E-state index contributed by atoms with van der Waals surface area (Å²) in [6.07, 6.45) is 1.69. The summed E-state index contributed by atoms with van der Waals surface area (Å²) >= 11 is 5.78. The van der Waals surface area contributed by atoms with Crippen molar-refractivity contribution in [2.45, 2.75) is 13.0 Å². The minimum atomic E-state index is -0.232. The predicted octanol–water partition coefficient (Wildman–Crippen LogP) is 2.15. The van der Waals surface area contributed by atoms with Crippen molar-refractivity contribution in [2.75, 3.05) is 6.54 Å². The molecule has 110 valence electrons. The Kier molecular flexibility index (Phi) is 5.34. The minimum absolute atomic E-state index is 0.174. The molecule has 1 aromatic heterocycles. The Morgan fingerprint density at radius 3 is 2.90 bits per heavy atom. The number of rotatable bonds is 7. The van der Waals surface area contributed by atoms with Crippen LogP contribution in [0.15, 0.2) is 41.4 Å². The first-order valence-corrected chi connectivity index (χ1v) is 6.65. The number of aromatic nitrogens is 2. The van der Waals surface area contributed by atoms with E-state index in [9.17, 15) is 4.79 Å². The molecule has 7 heteroatoms. The van der Waals surface area contributed by atoms with Gasteiger partial charge in [0.25, 0.3) is 5.89 Å². The molecule has 6 nitrogen and oxygen atoms in total. The number of benzene rings is 1. The zero-order valence-corrected chi connectivity index (χ0v) is 12.0. The fourth-order valence-corrected chi connectivity index (χ4v) is 1.62. The number of carbonyl (C=O) groups is 1. The van der Waals surface area contributed by atoms with Gasteiger partial charge in [0.2, 0.25) is 5.91 Å². The Morgan fingerprint density at radius 1 is 1.43 bits per heavy atom. The summed E-state index contributed by atoms with van der Waals surface area (Å²) in [4.78, 5) is 15.1. The second-order valence-corrected chi connectivity index (χ2v) is 4.53. The summed E-state index contributed by atoms with van der Waals surface area (Å²) in [5, 5.41) is 7.07. The number of hydrogen-bond acceptors (Lipinski definition) is 5. The lowest BCUT2D eigenvalue weighted by molar-refractivity contribution is -0.116. The smallest absolute Gasteiger partial charge is 0.264 e. The summed E-state index contributed by atoms with van der Waals surface area (Å²) in [6.45, 7) is 3.96. The van der Waals surface area contributed by atoms with Crippen LogP contribution in [0.5, 0.6) is 5.75 Å². The molecule has 2 aromatic rings. The number of carbonyl (C=O) groups excluding carboxylic acids is 1. The Labute approximate surface area is 126 Å². The van der Waals surface area contributed by atoms with Crippen molar-refractivity contribution in [2.24, 2.45) is 0 Å². The van der Waals surface area contributed by atoms with Gasteiger partial charge in [-0.2, -0.15) is 4.98 Å². The lowest BCUT2D eigenvalue weighted by atomic mass is 10.3. The molecule has 1 aromatic carbocycles. The van der Waals surface area contributed by atoms with Crippen LogP contribution in [0.2, 0.25) is 5.02 Å². The maximum Gasteiger partial charge on any atom is 0.264 e. The van der Waals surface area contributed by atoms with Crippen molar-refractivity contribution >= 4 is 17.5 Å². The van der Waals surface area contributed by atoms with Gasteiger partial charge in [-0.25, -0.2) is 0 Å². The minimum Gasteiger partial charge on any atom is -0.484 e. The van der Waals surface area contributed by atoms with Crippen molar-refractivity contribution < 1.29 is 14.1 Å². The molecule has 0 saturated heterocycles. The van der Waals surface area contributed by atoms with Crippen molar-refractivity contribution in [1.82, 2.24) is 15.5 Å². The van der Waals surface area contributed by atoms with E-state index < -0.39 is 0 Å². The van der Waals surface area contributed by atoms with Crippen LogP contribution in [0.1, 0.15) is 11.7 Å². The molecule has 0 aliphatic rings. The van der Waals surface area contributed by atoms with Crippen LogP contribution in [0.25, 0.3) is 0 Å². The Hall–Kier alpha value is -2.34. The van der Waals surface area contributed by atoms with Crippen LogP contribution < -0.4 is 10.1 Å². The van der Waals surface area contributed by atoms with Crippen molar-refractivity contribution in [3.05, 3.63) is 53.7 Å². The zero-order valence-electron chi connectivity index (χ0n) is 11.2. The fourth-order valence-electron chi connectivity index (χ4n) is 1.50. The second kappa shape index (κ2) is 7.44. The van der Waals surface area contributed by atoms with E-state index in [2.05, 4.69) is 22.0 Å². The van der Waals surface area contributed by atoms with Gasteiger partial charge in [-0.3, -0.25) is 4.79 Å². The maximum absolute atomic E-state index is 11.0. The second-order valence-electron chi connectivity index (χ2n) is 4.09. The van der Waals surface area contributed by atoms with E-state index in [1.54, 1.807) is 24.3 Å². The summed E-state index contributed by atoms with van der Waals surface area (Å²) in [7, 11) is 0. The number of hydrogen-bond donors (Lipinski definition) is 1. The standard InChI is InChI=1S/C14H14ClN3O3/c1-2-13(19)16-8-7-12-17-14(21-18-12)9-20-11-5-3-10(15)4-6-11/h2-6H,1,7-9H2,(H,16,19). The normalized spacial score (nSPS) is 10.1. The third-order valence-electron chi connectivity index (χ3n) is 2.52. The van der Waals surface area contributed by atoms with Crippen LogP contribution in [0.4, 0.5) is 0 Å². The highest BCUT2D eigenvalue weighted by atomic mass is 35.5. The third kappa shape index (κ3) is 4.92. The molecule has 0 aliphatic carbocycles. The highest BCUT2D eigenvalue weighted by molar-refractivity contribution is 6.30. The lowest BCUT2D eigenvalue weighted by Gasteiger charge is -2.02. The molecule has 0 aliphatic heterocycles. The van der Waals surface area contributed by atoms with E-state index in [0.29, 0.717) is 35.5 Å². The average Bonchev–Trinajstić information content (AvgIpc) is 2.94. The average molecular weight is 308 g/mol. The number of nitrogens with zero attached hydrogens (tertiary/aromatic N) is 2. The molecule has 2 rings (SSSR count). The molecule has 1 N–H and O–H groups in total. The quantitative estimate of drug-likeness (QED) is 0.793. The molecule has 0 atom stereocenters. The Bertz CT molecular complexity index is 610. The van der Waals surface area contributed by atoms with Gasteiger partial charge in [0.05, 0.1) is 0 Å². The number of nitrogens with one attached hydrogen (secondary N) is 1. The topological polar surface area (TPSA) is 77.2 Å². The van der Waals surface area contributed by atoms with Crippen LogP contribution >= 0.6 is 11.6 Å². The van der Waals surface area contributed by atoms with E-state index in [0.717, 1.165) is 0 Å². The monoisotopic (exact) mass is 307 g/mol. The van der Waals surface area contributed by atoms with Crippen LogP contribution in [-0.2, 0) is 17.8 Å². The van der Waals surface area contributed by atoms with Crippen molar-refractivity contribution in [3.8, 4) is 5.75 Å². The fraction of sp³-hybridized carbons (Fsp3) is 0.214. The first-order valence-electron chi connectivity index (χ1n) is 6.27. The first kappa shape index (κ1) is 15.1. The number of halogens is 1. The first-order chi connectivity index (χ1) is 10.2. The van der Waals surface area contributed by atoms with E-state index in [1.807, 2.05) is 0 Å². The van der Waals surface area contributed by atoms with Gasteiger partial charge >= 0.3 is 0 Å². The van der Waals surface area contributed by atoms with E-state index >= 15 is 0 Å². The van der Waals surface area contributed by atoms with E-state index in [4.69, 9.17) is 20.9 Å². The summed E-state index contributed by atoms with van der Waals surface area (Å²) in [5.74, 6) is 1.31. The Balaban J connectivity index is 1.78. The molecule has 0 unspecified atom stereocenters. The predicted molar refractivity (Wildman–Crippen MR) is 77.0 cm³/mol. The SMILES string of the molecule is C=CC(=O)NCCc1noc(COc2ccc(Cl)cc2)n1. The van der Waals surface area contributed by atoms with Gasteiger partial charge in [-0.15, -0.1) is 0 Å². The molecule has 1 heterocycles. The highest BCUT2D eigenvalue weighted by Gasteiger charge is 2.07. The van der Waals surface area contributed by atoms with Gasteiger partial charge < -0.3 is 14.6 Å². The van der Waals surface area contributed by atoms with Gasteiger partial charge in [-0.05, 0) is 30.3 Å². The summed E-state index contributed by atoms with van der Waals surface area (Å²) < 4.78 is 10.5. The molecular formula is C14H14ClN3O3. The molecule has 0 bridgehead atoms.